The third-order valence-corrected chi connectivity index (χ3v) is 12.2. The minimum absolute atomic E-state index is 0.112. The Kier molecular flexibility index (Phi) is 9.60. The van der Waals surface area contributed by atoms with Gasteiger partial charge in [-0.1, -0.05) is 67.0 Å². The van der Waals surface area contributed by atoms with E-state index >= 15 is 0 Å². The predicted molar refractivity (Wildman–Crippen MR) is 184 cm³/mol. The van der Waals surface area contributed by atoms with Crippen molar-refractivity contribution in [3.8, 4) is 5.75 Å². The molecule has 3 rings (SSSR count). The minimum atomic E-state index is -0.112. The molecule has 2 unspecified atom stereocenters. The van der Waals surface area contributed by atoms with Gasteiger partial charge >= 0.3 is 0 Å². The van der Waals surface area contributed by atoms with Crippen LogP contribution in [0.25, 0.3) is 0 Å². The molecular weight excluding hydrogens is 512 g/mol. The van der Waals surface area contributed by atoms with Crippen molar-refractivity contribution in [3.05, 3.63) is 28.8 Å². The van der Waals surface area contributed by atoms with E-state index in [-0.39, 0.29) is 33.0 Å². The first-order valence-corrected chi connectivity index (χ1v) is 17.1. The number of phenolic OH excluding ortho intramolecular Hbond substituents is 1. The summed E-state index contributed by atoms with van der Waals surface area (Å²) in [6.45, 7) is 35.7. The van der Waals surface area contributed by atoms with E-state index in [2.05, 4.69) is 140 Å². The van der Waals surface area contributed by atoms with Gasteiger partial charge in [-0.25, -0.2) is 0 Å². The second-order valence-corrected chi connectivity index (χ2v) is 19.2. The minimum Gasteiger partial charge on any atom is -0.507 e. The molecule has 0 aliphatic carbocycles. The Hall–Kier alpha value is -1.06. The van der Waals surface area contributed by atoms with Gasteiger partial charge < -0.3 is 5.11 Å². The lowest BCUT2D eigenvalue weighted by molar-refractivity contribution is -0.0793. The molecule has 2 fully saturated rings. The monoisotopic (exact) mass is 583 g/mol. The van der Waals surface area contributed by atoms with Crippen LogP contribution in [0.5, 0.6) is 5.75 Å². The van der Waals surface area contributed by atoms with Crippen molar-refractivity contribution in [1.82, 2.24) is 9.80 Å². The summed E-state index contributed by atoms with van der Waals surface area (Å²) in [6, 6.07) is 4.75. The number of rotatable bonds is 6. The Bertz CT molecular complexity index is 1030. The van der Waals surface area contributed by atoms with E-state index in [1.54, 1.807) is 0 Å². The molecule has 0 amide bonds. The van der Waals surface area contributed by atoms with Crippen molar-refractivity contribution < 1.29 is 5.11 Å². The smallest absolute Gasteiger partial charge is 0.123 e. The average Bonchev–Trinajstić information content (AvgIpc) is 2.79. The Morgan fingerprint density at radius 1 is 0.667 bits per heavy atom. The Morgan fingerprint density at radius 2 is 0.976 bits per heavy atom. The average molecular weight is 583 g/mol. The third kappa shape index (κ3) is 7.09. The normalized spacial score (nSPS) is 25.4. The van der Waals surface area contributed by atoms with Gasteiger partial charge in [0.1, 0.15) is 5.75 Å². The molecule has 42 heavy (non-hydrogen) atoms. The summed E-state index contributed by atoms with van der Waals surface area (Å²) < 4.78 is 0. The molecule has 2 saturated heterocycles. The third-order valence-electron chi connectivity index (χ3n) is 12.2. The van der Waals surface area contributed by atoms with Gasteiger partial charge in [0.05, 0.1) is 0 Å². The van der Waals surface area contributed by atoms with Gasteiger partial charge in [-0.2, -0.15) is 0 Å². The first-order valence-electron chi connectivity index (χ1n) is 17.1. The molecular formula is C39H70N2O. The molecule has 1 N–H and O–H groups in total. The van der Waals surface area contributed by atoms with E-state index in [9.17, 15) is 5.11 Å². The molecule has 0 saturated carbocycles. The molecule has 0 spiro atoms. The van der Waals surface area contributed by atoms with Crippen LogP contribution in [-0.4, -0.2) is 51.2 Å². The largest absolute Gasteiger partial charge is 0.507 e. The summed E-state index contributed by atoms with van der Waals surface area (Å²) in [7, 11) is 4.69. The maximum absolute atomic E-state index is 11.5. The van der Waals surface area contributed by atoms with E-state index in [1.807, 2.05) is 0 Å². The number of nitrogens with zero attached hydrogens (tertiary/aromatic N) is 2. The molecule has 0 radical (unpaired) electrons. The summed E-state index contributed by atoms with van der Waals surface area (Å²) in [5.41, 5.74) is 4.10. The second kappa shape index (κ2) is 11.4. The summed E-state index contributed by atoms with van der Waals surface area (Å²) in [5, 5.41) is 11.5. The summed E-state index contributed by atoms with van der Waals surface area (Å²) in [4.78, 5) is 5.29. The van der Waals surface area contributed by atoms with Gasteiger partial charge in [-0.3, -0.25) is 9.80 Å². The number of aromatic hydroxyl groups is 1. The van der Waals surface area contributed by atoms with Crippen LogP contribution in [0.15, 0.2) is 12.1 Å². The van der Waals surface area contributed by atoms with Crippen molar-refractivity contribution in [1.29, 1.82) is 0 Å². The van der Waals surface area contributed by atoms with E-state index in [1.165, 1.54) is 37.7 Å². The molecule has 1 aromatic carbocycles. The fourth-order valence-corrected chi connectivity index (χ4v) is 9.38. The Labute approximate surface area is 262 Å². The zero-order chi connectivity index (χ0) is 32.4. The standard InChI is InChI=1S/C39H70N2O/c1-18-29(27-22-36(8,9)40(16)37(10,11)23-27)30(28-24-38(12,13)41(17)39(14,15)25-28)19-26-20-31(34(2,3)4)33(42)32(21-26)35(5,6)7/h20-21,27-30,42H,18-19,22-25H2,1-17H3. The van der Waals surface area contributed by atoms with Crippen LogP contribution < -0.4 is 0 Å². The number of likely N-dealkylation sites (tertiary alicyclic amines) is 2. The first-order chi connectivity index (χ1) is 18.7. The molecule has 2 aliphatic rings. The lowest BCUT2D eigenvalue weighted by atomic mass is 9.59. The van der Waals surface area contributed by atoms with Gasteiger partial charge in [0.25, 0.3) is 0 Å². The topological polar surface area (TPSA) is 26.7 Å². The number of phenols is 1. The molecule has 0 aromatic heterocycles. The molecule has 0 bridgehead atoms. The highest BCUT2D eigenvalue weighted by Crippen LogP contribution is 2.52. The zero-order valence-corrected chi connectivity index (χ0v) is 31.0. The number of benzene rings is 1. The predicted octanol–water partition coefficient (Wildman–Crippen LogP) is 9.97. The number of hydrogen-bond donors (Lipinski definition) is 1. The van der Waals surface area contributed by atoms with Crippen molar-refractivity contribution in [2.45, 2.75) is 175 Å². The molecule has 2 atom stereocenters. The van der Waals surface area contributed by atoms with E-state index in [0.29, 0.717) is 29.4 Å². The summed E-state index contributed by atoms with van der Waals surface area (Å²) in [5.74, 6) is 3.14. The van der Waals surface area contributed by atoms with Crippen LogP contribution in [0.1, 0.15) is 153 Å². The van der Waals surface area contributed by atoms with Crippen molar-refractivity contribution in [3.63, 3.8) is 0 Å². The summed E-state index contributed by atoms with van der Waals surface area (Å²) in [6.07, 6.45) is 7.33. The highest BCUT2D eigenvalue weighted by atomic mass is 16.3. The fourth-order valence-electron chi connectivity index (χ4n) is 9.38. The van der Waals surface area contributed by atoms with Crippen molar-refractivity contribution in [2.24, 2.45) is 23.7 Å². The maximum atomic E-state index is 11.5. The molecule has 242 valence electrons. The quantitative estimate of drug-likeness (QED) is 0.361. The summed E-state index contributed by atoms with van der Waals surface area (Å²) >= 11 is 0. The first kappa shape index (κ1) is 35.4. The number of hydrogen-bond acceptors (Lipinski definition) is 3. The SMILES string of the molecule is CCC(C1CC(C)(C)N(C)C(C)(C)C1)C(Cc1cc(C(C)(C)C)c(O)c(C(C)(C)C)c1)C1CC(C)(C)N(C)C(C)(C)C1. The van der Waals surface area contributed by atoms with Crippen molar-refractivity contribution >= 4 is 0 Å². The van der Waals surface area contributed by atoms with Gasteiger partial charge in [0.2, 0.25) is 0 Å². The number of piperidine rings is 2. The van der Waals surface area contributed by atoms with Crippen LogP contribution in [0, 0.1) is 23.7 Å². The van der Waals surface area contributed by atoms with E-state index in [0.717, 1.165) is 17.5 Å². The highest BCUT2D eigenvalue weighted by Gasteiger charge is 2.50. The fraction of sp³-hybridized carbons (Fsp3) is 0.846. The van der Waals surface area contributed by atoms with Crippen LogP contribution in [-0.2, 0) is 17.3 Å². The van der Waals surface area contributed by atoms with Crippen LogP contribution in [0.3, 0.4) is 0 Å². The zero-order valence-electron chi connectivity index (χ0n) is 31.0. The maximum Gasteiger partial charge on any atom is 0.123 e. The molecule has 3 heteroatoms. The van der Waals surface area contributed by atoms with Crippen LogP contribution in [0.2, 0.25) is 0 Å². The van der Waals surface area contributed by atoms with E-state index < -0.39 is 0 Å². The molecule has 2 aliphatic heterocycles. The molecule has 1 aromatic rings. The Balaban J connectivity index is 2.19. The van der Waals surface area contributed by atoms with E-state index in [4.69, 9.17) is 0 Å². The Morgan fingerprint density at radius 3 is 1.26 bits per heavy atom. The lowest BCUT2D eigenvalue weighted by Crippen LogP contribution is -2.61. The van der Waals surface area contributed by atoms with Crippen molar-refractivity contribution in [2.75, 3.05) is 14.1 Å². The van der Waals surface area contributed by atoms with Gasteiger partial charge in [0.15, 0.2) is 0 Å². The van der Waals surface area contributed by atoms with Gasteiger partial charge in [0, 0.05) is 22.2 Å². The second-order valence-electron chi connectivity index (χ2n) is 19.2. The van der Waals surface area contributed by atoms with Gasteiger partial charge in [-0.05, 0) is 153 Å². The highest BCUT2D eigenvalue weighted by molar-refractivity contribution is 5.50. The van der Waals surface area contributed by atoms with Crippen LogP contribution in [0.4, 0.5) is 0 Å². The van der Waals surface area contributed by atoms with Gasteiger partial charge in [-0.15, -0.1) is 0 Å². The molecule has 2 heterocycles. The lowest BCUT2D eigenvalue weighted by Gasteiger charge is -2.58. The molecule has 3 nitrogen and oxygen atoms in total. The van der Waals surface area contributed by atoms with Crippen LogP contribution >= 0.6 is 0 Å².